The van der Waals surface area contributed by atoms with Crippen molar-refractivity contribution in [2.75, 3.05) is 13.1 Å². The van der Waals surface area contributed by atoms with Crippen molar-refractivity contribution in [1.82, 2.24) is 4.90 Å². The Balaban J connectivity index is 2.19. The van der Waals surface area contributed by atoms with Gasteiger partial charge in [-0.15, -0.1) is 0 Å². The number of hydrogen-bond donors (Lipinski definition) is 0. The van der Waals surface area contributed by atoms with E-state index in [1.54, 1.807) is 27.5 Å². The number of likely N-dealkylation sites (tertiary alicyclic amines) is 1. The molecule has 0 aromatic heterocycles. The number of hydrogen-bond acceptors (Lipinski definition) is 1. The number of benzene rings is 1. The fourth-order valence-electron chi connectivity index (χ4n) is 2.17. The number of rotatable bonds is 1. The Bertz CT molecular complexity index is 506. The maximum Gasteiger partial charge on any atom is 0.256 e. The number of carbonyl (C=O) groups excluding carboxylic acids is 1. The molecule has 19 heavy (non-hydrogen) atoms. The summed E-state index contributed by atoms with van der Waals surface area (Å²) in [6.45, 7) is 5.57. The fraction of sp³-hybridized carbons (Fsp3) is 0.500. The van der Waals surface area contributed by atoms with Crippen LogP contribution in [0.5, 0.6) is 0 Å². The molecule has 1 aliphatic heterocycles. The van der Waals surface area contributed by atoms with E-state index in [1.807, 2.05) is 0 Å². The Hall–Kier alpha value is -0.720. The Labute approximate surface area is 125 Å². The minimum absolute atomic E-state index is 0.0366. The van der Waals surface area contributed by atoms with Gasteiger partial charge in [-0.25, -0.2) is 8.78 Å². The van der Waals surface area contributed by atoms with E-state index in [1.165, 1.54) is 6.07 Å². The van der Waals surface area contributed by atoms with Crippen molar-refractivity contribution in [3.8, 4) is 0 Å². The van der Waals surface area contributed by atoms with Gasteiger partial charge in [0.25, 0.3) is 5.91 Å². The topological polar surface area (TPSA) is 20.3 Å². The van der Waals surface area contributed by atoms with Crippen LogP contribution in [0.25, 0.3) is 0 Å². The molecule has 0 saturated carbocycles. The van der Waals surface area contributed by atoms with Crippen molar-refractivity contribution >= 4 is 28.5 Å². The summed E-state index contributed by atoms with van der Waals surface area (Å²) in [5.41, 5.74) is 0.192. The third kappa shape index (κ3) is 3.24. The lowest BCUT2D eigenvalue weighted by Crippen LogP contribution is -2.41. The van der Waals surface area contributed by atoms with Crippen LogP contribution in [0.2, 0.25) is 0 Å². The molecule has 1 aromatic carbocycles. The van der Waals surface area contributed by atoms with E-state index in [9.17, 15) is 13.6 Å². The second kappa shape index (κ2) is 5.34. The first-order valence-corrected chi connectivity index (χ1v) is 7.32. The van der Waals surface area contributed by atoms with E-state index in [2.05, 4.69) is 13.8 Å². The third-order valence-corrected chi connectivity index (χ3v) is 4.47. The van der Waals surface area contributed by atoms with E-state index in [-0.39, 0.29) is 20.5 Å². The number of halogens is 3. The second-order valence-electron chi connectivity index (χ2n) is 5.70. The van der Waals surface area contributed by atoms with Crippen LogP contribution in [-0.4, -0.2) is 23.9 Å². The average molecular weight is 379 g/mol. The van der Waals surface area contributed by atoms with Gasteiger partial charge in [0.1, 0.15) is 11.6 Å². The van der Waals surface area contributed by atoms with Crippen molar-refractivity contribution in [1.29, 1.82) is 0 Å². The van der Waals surface area contributed by atoms with Crippen LogP contribution >= 0.6 is 22.6 Å². The number of piperidine rings is 1. The first-order chi connectivity index (χ1) is 8.80. The minimum atomic E-state index is -0.784. The molecule has 1 amide bonds. The lowest BCUT2D eigenvalue weighted by atomic mass is 9.82. The van der Waals surface area contributed by atoms with E-state index in [4.69, 9.17) is 0 Å². The quantitative estimate of drug-likeness (QED) is 0.537. The van der Waals surface area contributed by atoms with Gasteiger partial charge >= 0.3 is 0 Å². The van der Waals surface area contributed by atoms with Crippen LogP contribution in [0.3, 0.4) is 0 Å². The predicted octanol–water partition coefficient (Wildman–Crippen LogP) is 3.83. The standard InChI is InChI=1S/C14H16F2INO/c1-14(2)3-5-18(6-4-14)13(19)9-7-12(17)11(16)8-10(9)15/h7-8H,3-6H2,1-2H3. The molecular weight excluding hydrogens is 363 g/mol. The second-order valence-corrected chi connectivity index (χ2v) is 6.86. The van der Waals surface area contributed by atoms with Crippen LogP contribution < -0.4 is 0 Å². The molecule has 0 radical (unpaired) electrons. The maximum atomic E-state index is 13.7. The molecule has 1 aromatic rings. The molecule has 0 unspecified atom stereocenters. The highest BCUT2D eigenvalue weighted by molar-refractivity contribution is 14.1. The highest BCUT2D eigenvalue weighted by Crippen LogP contribution is 2.30. The van der Waals surface area contributed by atoms with E-state index < -0.39 is 11.6 Å². The zero-order valence-electron chi connectivity index (χ0n) is 11.0. The smallest absolute Gasteiger partial charge is 0.256 e. The van der Waals surface area contributed by atoms with Crippen LogP contribution in [-0.2, 0) is 0 Å². The molecule has 2 rings (SSSR count). The number of amides is 1. The summed E-state index contributed by atoms with van der Waals surface area (Å²) < 4.78 is 27.2. The summed E-state index contributed by atoms with van der Waals surface area (Å²) in [4.78, 5) is 13.9. The summed E-state index contributed by atoms with van der Waals surface area (Å²) in [6, 6.07) is 2.07. The summed E-state index contributed by atoms with van der Waals surface area (Å²) in [5, 5.41) is 0. The molecule has 0 aliphatic carbocycles. The van der Waals surface area contributed by atoms with Gasteiger partial charge in [0.05, 0.1) is 5.56 Å². The lowest BCUT2D eigenvalue weighted by molar-refractivity contribution is 0.0625. The lowest BCUT2D eigenvalue weighted by Gasteiger charge is -2.37. The van der Waals surface area contributed by atoms with Gasteiger partial charge < -0.3 is 4.90 Å². The Morgan fingerprint density at radius 3 is 2.37 bits per heavy atom. The van der Waals surface area contributed by atoms with Crippen molar-refractivity contribution < 1.29 is 13.6 Å². The molecule has 5 heteroatoms. The van der Waals surface area contributed by atoms with Crippen LogP contribution in [0.1, 0.15) is 37.0 Å². The van der Waals surface area contributed by atoms with Gasteiger partial charge in [0, 0.05) is 22.7 Å². The number of nitrogens with zero attached hydrogens (tertiary/aromatic N) is 1. The monoisotopic (exact) mass is 379 g/mol. The molecule has 0 spiro atoms. The van der Waals surface area contributed by atoms with Crippen molar-refractivity contribution in [3.63, 3.8) is 0 Å². The van der Waals surface area contributed by atoms with Crippen molar-refractivity contribution in [2.24, 2.45) is 5.41 Å². The van der Waals surface area contributed by atoms with Crippen LogP contribution in [0, 0.1) is 20.6 Å². The maximum absolute atomic E-state index is 13.7. The summed E-state index contributed by atoms with van der Waals surface area (Å²) in [6.07, 6.45) is 1.80. The zero-order valence-corrected chi connectivity index (χ0v) is 13.1. The molecule has 1 saturated heterocycles. The van der Waals surface area contributed by atoms with Crippen LogP contribution in [0.15, 0.2) is 12.1 Å². The van der Waals surface area contributed by atoms with Crippen molar-refractivity contribution in [2.45, 2.75) is 26.7 Å². The highest BCUT2D eigenvalue weighted by atomic mass is 127. The third-order valence-electron chi connectivity index (χ3n) is 3.64. The molecule has 1 aliphatic rings. The molecule has 1 heterocycles. The highest BCUT2D eigenvalue weighted by Gasteiger charge is 2.29. The first kappa shape index (κ1) is 14.7. The number of carbonyl (C=O) groups is 1. The Morgan fingerprint density at radius 2 is 1.79 bits per heavy atom. The van der Waals surface area contributed by atoms with Crippen LogP contribution in [0.4, 0.5) is 8.78 Å². The summed E-state index contributed by atoms with van der Waals surface area (Å²) >= 11 is 1.76. The summed E-state index contributed by atoms with van der Waals surface area (Å²) in [7, 11) is 0. The Kier molecular flexibility index (Phi) is 4.13. The molecule has 2 nitrogen and oxygen atoms in total. The molecule has 0 atom stereocenters. The SMILES string of the molecule is CC1(C)CCN(C(=O)c2cc(I)c(F)cc2F)CC1. The minimum Gasteiger partial charge on any atom is -0.339 e. The zero-order chi connectivity index (χ0) is 14.2. The van der Waals surface area contributed by atoms with Gasteiger partial charge in [-0.1, -0.05) is 13.8 Å². The first-order valence-electron chi connectivity index (χ1n) is 6.24. The van der Waals surface area contributed by atoms with E-state index in [0.717, 1.165) is 18.9 Å². The fourth-order valence-corrected chi connectivity index (χ4v) is 2.64. The predicted molar refractivity (Wildman–Crippen MR) is 78.0 cm³/mol. The summed E-state index contributed by atoms with van der Waals surface area (Å²) in [5.74, 6) is -1.76. The average Bonchev–Trinajstić information content (AvgIpc) is 2.33. The van der Waals surface area contributed by atoms with E-state index in [0.29, 0.717) is 13.1 Å². The largest absolute Gasteiger partial charge is 0.339 e. The van der Waals surface area contributed by atoms with Gasteiger partial charge in [0.2, 0.25) is 0 Å². The van der Waals surface area contributed by atoms with Gasteiger partial charge in [-0.05, 0) is 46.9 Å². The van der Waals surface area contributed by atoms with Gasteiger partial charge in [0.15, 0.2) is 0 Å². The molecule has 1 fully saturated rings. The normalized spacial score (nSPS) is 18.5. The molecular formula is C14H16F2INO. The van der Waals surface area contributed by atoms with E-state index >= 15 is 0 Å². The molecule has 0 bridgehead atoms. The van der Waals surface area contributed by atoms with Crippen molar-refractivity contribution in [3.05, 3.63) is 32.9 Å². The molecule has 0 N–H and O–H groups in total. The Morgan fingerprint density at radius 1 is 1.21 bits per heavy atom. The van der Waals surface area contributed by atoms with Gasteiger partial charge in [-0.3, -0.25) is 4.79 Å². The van der Waals surface area contributed by atoms with Gasteiger partial charge in [-0.2, -0.15) is 0 Å². The molecule has 104 valence electrons.